The molecule has 0 saturated heterocycles. The van der Waals surface area contributed by atoms with Gasteiger partial charge < -0.3 is 19.5 Å². The van der Waals surface area contributed by atoms with Crippen molar-refractivity contribution in [3.8, 4) is 17.2 Å². The molecule has 0 saturated carbocycles. The Morgan fingerprint density at radius 2 is 2.11 bits per heavy atom. The summed E-state index contributed by atoms with van der Waals surface area (Å²) in [6.45, 7) is 0.769. The summed E-state index contributed by atoms with van der Waals surface area (Å²) in [6, 6.07) is 13.7. The molecule has 142 valence electrons. The second-order valence-electron chi connectivity index (χ2n) is 6.88. The summed E-state index contributed by atoms with van der Waals surface area (Å²) in [5.74, 6) is 2.92. The lowest BCUT2D eigenvalue weighted by Crippen LogP contribution is -2.25. The van der Waals surface area contributed by atoms with Gasteiger partial charge in [0.15, 0.2) is 11.5 Å². The van der Waals surface area contributed by atoms with Gasteiger partial charge in [0.25, 0.3) is 0 Å². The van der Waals surface area contributed by atoms with E-state index in [0.29, 0.717) is 13.0 Å². The van der Waals surface area contributed by atoms with Gasteiger partial charge in [-0.1, -0.05) is 18.2 Å². The van der Waals surface area contributed by atoms with Crippen LogP contribution in [0.15, 0.2) is 48.7 Å². The maximum Gasteiger partial charge on any atom is 0.231 e. The van der Waals surface area contributed by atoms with Gasteiger partial charge in [-0.05, 0) is 35.4 Å². The summed E-state index contributed by atoms with van der Waals surface area (Å²) in [6.07, 6.45) is 2.22. The summed E-state index contributed by atoms with van der Waals surface area (Å²) in [7, 11) is 1.64. The standard InChI is InChI=1S/C21H19N3O4/c1-26-15-4-2-3-14(8-15)16-9-20(25)23-21-17(16)10-22-24(21)11-13-5-6-18-19(7-13)28-12-27-18/h2-8,10,16H,9,11-12H2,1H3,(H,23,25)/t16-/m1/s1. The normalized spacial score (nSPS) is 17.2. The van der Waals surface area contributed by atoms with Crippen molar-refractivity contribution in [1.29, 1.82) is 0 Å². The third-order valence-corrected chi connectivity index (χ3v) is 5.16. The maximum absolute atomic E-state index is 12.4. The van der Waals surface area contributed by atoms with Gasteiger partial charge in [0.2, 0.25) is 12.7 Å². The van der Waals surface area contributed by atoms with Gasteiger partial charge in [-0.2, -0.15) is 5.10 Å². The Hall–Kier alpha value is -3.48. The van der Waals surface area contributed by atoms with Crippen molar-refractivity contribution < 1.29 is 19.0 Å². The molecule has 0 aliphatic carbocycles. The van der Waals surface area contributed by atoms with E-state index >= 15 is 0 Å². The van der Waals surface area contributed by atoms with Gasteiger partial charge in [0.05, 0.1) is 19.9 Å². The van der Waals surface area contributed by atoms with Crippen molar-refractivity contribution in [3.05, 3.63) is 65.4 Å². The van der Waals surface area contributed by atoms with Crippen LogP contribution in [0.25, 0.3) is 0 Å². The average Bonchev–Trinajstić information content (AvgIpc) is 3.34. The monoisotopic (exact) mass is 377 g/mol. The molecule has 0 fully saturated rings. The maximum atomic E-state index is 12.4. The topological polar surface area (TPSA) is 74.6 Å². The van der Waals surface area contributed by atoms with E-state index in [0.717, 1.165) is 39.8 Å². The first-order valence-corrected chi connectivity index (χ1v) is 9.09. The summed E-state index contributed by atoms with van der Waals surface area (Å²) < 4.78 is 18.0. The van der Waals surface area contributed by atoms with Gasteiger partial charge in [-0.15, -0.1) is 0 Å². The number of carbonyl (C=O) groups excluding carboxylic acids is 1. The highest BCUT2D eigenvalue weighted by Crippen LogP contribution is 2.38. The molecule has 0 unspecified atom stereocenters. The van der Waals surface area contributed by atoms with Crippen molar-refractivity contribution in [1.82, 2.24) is 9.78 Å². The Balaban J connectivity index is 1.48. The Labute approximate surface area is 161 Å². The van der Waals surface area contributed by atoms with Crippen LogP contribution in [0.1, 0.15) is 29.0 Å². The lowest BCUT2D eigenvalue weighted by Gasteiger charge is -2.24. The van der Waals surface area contributed by atoms with Gasteiger partial charge >= 0.3 is 0 Å². The molecular formula is C21H19N3O4. The fourth-order valence-electron chi connectivity index (χ4n) is 3.76. The smallest absolute Gasteiger partial charge is 0.231 e. The van der Waals surface area contributed by atoms with Crippen LogP contribution in [-0.2, 0) is 11.3 Å². The van der Waals surface area contributed by atoms with E-state index in [9.17, 15) is 4.79 Å². The van der Waals surface area contributed by atoms with Gasteiger partial charge in [-0.25, -0.2) is 4.68 Å². The van der Waals surface area contributed by atoms with E-state index in [1.54, 1.807) is 7.11 Å². The van der Waals surface area contributed by atoms with E-state index < -0.39 is 0 Å². The predicted octanol–water partition coefficient (Wildman–Crippen LogP) is 3.14. The molecule has 0 radical (unpaired) electrons. The van der Waals surface area contributed by atoms with Crippen LogP contribution in [0.3, 0.4) is 0 Å². The van der Waals surface area contributed by atoms with Crippen molar-refractivity contribution in [3.63, 3.8) is 0 Å². The number of aromatic nitrogens is 2. The van der Waals surface area contributed by atoms with Crippen LogP contribution in [0, 0.1) is 0 Å². The lowest BCUT2D eigenvalue weighted by atomic mass is 9.87. The minimum Gasteiger partial charge on any atom is -0.497 e. The van der Waals surface area contributed by atoms with E-state index in [4.69, 9.17) is 14.2 Å². The Morgan fingerprint density at radius 3 is 3.00 bits per heavy atom. The molecule has 2 aromatic carbocycles. The molecule has 1 amide bonds. The van der Waals surface area contributed by atoms with Crippen LogP contribution in [0.5, 0.6) is 17.2 Å². The van der Waals surface area contributed by atoms with Crippen LogP contribution in [0.2, 0.25) is 0 Å². The summed E-state index contributed by atoms with van der Waals surface area (Å²) in [5.41, 5.74) is 3.07. The van der Waals surface area contributed by atoms with E-state index in [2.05, 4.69) is 10.4 Å². The minimum atomic E-state index is -0.0515. The Kier molecular flexibility index (Phi) is 3.93. The van der Waals surface area contributed by atoms with Crippen LogP contribution >= 0.6 is 0 Å². The summed E-state index contributed by atoms with van der Waals surface area (Å²) >= 11 is 0. The molecule has 0 spiro atoms. The number of benzene rings is 2. The molecule has 1 N–H and O–H groups in total. The zero-order valence-electron chi connectivity index (χ0n) is 15.3. The van der Waals surface area contributed by atoms with Gasteiger partial charge in [0, 0.05) is 17.9 Å². The summed E-state index contributed by atoms with van der Waals surface area (Å²) in [5, 5.41) is 7.52. The summed E-state index contributed by atoms with van der Waals surface area (Å²) in [4.78, 5) is 12.4. The largest absolute Gasteiger partial charge is 0.497 e. The van der Waals surface area contributed by atoms with Gasteiger partial charge in [-0.3, -0.25) is 4.79 Å². The first-order chi connectivity index (χ1) is 13.7. The number of anilines is 1. The zero-order valence-corrected chi connectivity index (χ0v) is 15.3. The second kappa shape index (κ2) is 6.60. The SMILES string of the molecule is COc1cccc([C@H]2CC(=O)Nc3c2cnn3Cc2ccc3c(c2)OCO3)c1. The number of nitrogens with one attached hydrogen (secondary N) is 1. The number of methoxy groups -OCH3 is 1. The van der Waals surface area contributed by atoms with Crippen molar-refractivity contribution in [2.24, 2.45) is 0 Å². The highest BCUT2D eigenvalue weighted by atomic mass is 16.7. The predicted molar refractivity (Wildman–Crippen MR) is 102 cm³/mol. The first kappa shape index (κ1) is 16.7. The molecule has 7 nitrogen and oxygen atoms in total. The molecule has 1 aromatic heterocycles. The van der Waals surface area contributed by atoms with E-state index in [1.807, 2.05) is 53.3 Å². The number of nitrogens with zero attached hydrogens (tertiary/aromatic N) is 2. The third-order valence-electron chi connectivity index (χ3n) is 5.16. The van der Waals surface area contributed by atoms with Crippen molar-refractivity contribution in [2.45, 2.75) is 18.9 Å². The van der Waals surface area contributed by atoms with E-state index in [1.165, 1.54) is 0 Å². The number of carbonyl (C=O) groups is 1. The highest BCUT2D eigenvalue weighted by Gasteiger charge is 2.30. The lowest BCUT2D eigenvalue weighted by molar-refractivity contribution is -0.116. The fraction of sp³-hybridized carbons (Fsp3) is 0.238. The molecule has 2 aliphatic heterocycles. The number of ether oxygens (including phenoxy) is 3. The second-order valence-corrected chi connectivity index (χ2v) is 6.88. The molecule has 3 aromatic rings. The van der Waals surface area contributed by atoms with E-state index in [-0.39, 0.29) is 18.6 Å². The molecular weight excluding hydrogens is 358 g/mol. The third kappa shape index (κ3) is 2.85. The van der Waals surface area contributed by atoms with Crippen molar-refractivity contribution in [2.75, 3.05) is 19.2 Å². The van der Waals surface area contributed by atoms with Crippen LogP contribution in [-0.4, -0.2) is 29.6 Å². The first-order valence-electron chi connectivity index (χ1n) is 9.09. The van der Waals surface area contributed by atoms with Crippen LogP contribution in [0.4, 0.5) is 5.82 Å². The number of hydrogen-bond acceptors (Lipinski definition) is 5. The molecule has 0 bridgehead atoms. The average molecular weight is 377 g/mol. The van der Waals surface area contributed by atoms with Gasteiger partial charge in [0.1, 0.15) is 11.6 Å². The number of rotatable bonds is 4. The quantitative estimate of drug-likeness (QED) is 0.756. The Bertz CT molecular complexity index is 1060. The van der Waals surface area contributed by atoms with Crippen LogP contribution < -0.4 is 19.5 Å². The molecule has 2 aliphatic rings. The number of hydrogen-bond donors (Lipinski definition) is 1. The molecule has 5 rings (SSSR count). The highest BCUT2D eigenvalue weighted by molar-refractivity contribution is 5.94. The molecule has 3 heterocycles. The van der Waals surface area contributed by atoms with Crippen molar-refractivity contribution >= 4 is 11.7 Å². The molecule has 28 heavy (non-hydrogen) atoms. The number of amides is 1. The minimum absolute atomic E-state index is 0.0206. The fourth-order valence-corrected chi connectivity index (χ4v) is 3.76. The number of fused-ring (bicyclic) bond motifs is 2. The zero-order chi connectivity index (χ0) is 19.1. The molecule has 7 heteroatoms. The Morgan fingerprint density at radius 1 is 1.21 bits per heavy atom. The molecule has 1 atom stereocenters.